The molecule has 1 rings (SSSR count). The number of esters is 1. The highest BCUT2D eigenvalue weighted by Crippen LogP contribution is 2.09. The first kappa shape index (κ1) is 22.1. The summed E-state index contributed by atoms with van der Waals surface area (Å²) in [4.78, 5) is 32.4. The van der Waals surface area contributed by atoms with Gasteiger partial charge in [-0.3, -0.25) is 9.59 Å². The fourth-order valence-corrected chi connectivity index (χ4v) is 2.23. The normalized spacial score (nSPS) is 11.7. The fourth-order valence-electron chi connectivity index (χ4n) is 2.23. The summed E-state index contributed by atoms with van der Waals surface area (Å²) < 4.78 is 10.5. The third kappa shape index (κ3) is 8.94. The summed E-state index contributed by atoms with van der Waals surface area (Å²) in [6, 6.07) is 0. The highest BCUT2D eigenvalue weighted by molar-refractivity contribution is 5.82. The molecule has 1 aromatic heterocycles. The molecule has 148 valence electrons. The van der Waals surface area contributed by atoms with Crippen LogP contribution < -0.4 is 0 Å². The monoisotopic (exact) mass is 368 g/mol. The number of amides is 1. The van der Waals surface area contributed by atoms with E-state index in [1.165, 1.54) is 0 Å². The molecule has 0 aromatic carbocycles. The summed E-state index contributed by atoms with van der Waals surface area (Å²) in [5, 5.41) is 3.84. The van der Waals surface area contributed by atoms with Crippen molar-refractivity contribution in [3.05, 3.63) is 11.7 Å². The van der Waals surface area contributed by atoms with Crippen molar-refractivity contribution in [1.29, 1.82) is 0 Å². The first-order valence-electron chi connectivity index (χ1n) is 9.06. The van der Waals surface area contributed by atoms with Crippen molar-refractivity contribution in [1.82, 2.24) is 19.9 Å². The minimum atomic E-state index is -0.567. The number of likely N-dealkylation sites (N-methyl/N-ethyl adjacent to an activating group) is 1. The first-order chi connectivity index (χ1) is 12.1. The van der Waals surface area contributed by atoms with Crippen LogP contribution in [0.25, 0.3) is 0 Å². The number of hydrogen-bond donors (Lipinski definition) is 0. The predicted molar refractivity (Wildman–Crippen MR) is 97.6 cm³/mol. The Bertz CT molecular complexity index is 578. The van der Waals surface area contributed by atoms with Crippen LogP contribution in [0.3, 0.4) is 0 Å². The van der Waals surface area contributed by atoms with Gasteiger partial charge in [-0.05, 0) is 41.3 Å². The molecule has 0 unspecified atom stereocenters. The summed E-state index contributed by atoms with van der Waals surface area (Å²) >= 11 is 0. The molecule has 0 aliphatic heterocycles. The van der Waals surface area contributed by atoms with E-state index < -0.39 is 11.6 Å². The van der Waals surface area contributed by atoms with E-state index in [0.29, 0.717) is 44.1 Å². The Morgan fingerprint density at radius 2 is 1.88 bits per heavy atom. The van der Waals surface area contributed by atoms with Gasteiger partial charge in [0.05, 0.1) is 0 Å². The van der Waals surface area contributed by atoms with Crippen molar-refractivity contribution in [2.45, 2.75) is 59.0 Å². The Morgan fingerprint density at radius 3 is 2.42 bits per heavy atom. The van der Waals surface area contributed by atoms with Crippen molar-refractivity contribution in [3.8, 4) is 0 Å². The van der Waals surface area contributed by atoms with Gasteiger partial charge in [-0.25, -0.2) is 0 Å². The Balaban J connectivity index is 2.54. The molecule has 0 saturated heterocycles. The topological polar surface area (TPSA) is 88.8 Å². The number of nitrogens with zero attached hydrogens (tertiary/aromatic N) is 4. The van der Waals surface area contributed by atoms with E-state index in [1.807, 2.05) is 46.7 Å². The lowest BCUT2D eigenvalue weighted by atomic mass is 10.2. The summed E-state index contributed by atoms with van der Waals surface area (Å²) in [6.07, 6.45) is 2.18. The van der Waals surface area contributed by atoms with Crippen molar-refractivity contribution in [2.24, 2.45) is 0 Å². The summed E-state index contributed by atoms with van der Waals surface area (Å²) in [7, 11) is 3.86. The maximum Gasteiger partial charge on any atom is 0.326 e. The molecule has 1 heterocycles. The van der Waals surface area contributed by atoms with Gasteiger partial charge in [0.1, 0.15) is 12.1 Å². The Morgan fingerprint density at radius 1 is 1.19 bits per heavy atom. The van der Waals surface area contributed by atoms with Crippen LogP contribution in [0.2, 0.25) is 0 Å². The number of carbonyl (C=O) groups excluding carboxylic acids is 2. The molecule has 1 aromatic rings. The lowest BCUT2D eigenvalue weighted by Gasteiger charge is -2.26. The first-order valence-corrected chi connectivity index (χ1v) is 9.06. The van der Waals surface area contributed by atoms with Gasteiger partial charge in [0, 0.05) is 32.4 Å². The second kappa shape index (κ2) is 10.3. The SMILES string of the molecule is CCc1noc(CCCC(=O)N(CCN(C)C)CC(=O)OC(C)(C)C)n1. The van der Waals surface area contributed by atoms with Gasteiger partial charge in [-0.2, -0.15) is 4.98 Å². The molecule has 0 N–H and O–H groups in total. The van der Waals surface area contributed by atoms with E-state index >= 15 is 0 Å². The van der Waals surface area contributed by atoms with Gasteiger partial charge in [-0.15, -0.1) is 0 Å². The van der Waals surface area contributed by atoms with Gasteiger partial charge in [0.25, 0.3) is 0 Å². The van der Waals surface area contributed by atoms with E-state index in [4.69, 9.17) is 9.26 Å². The molecule has 1 amide bonds. The highest BCUT2D eigenvalue weighted by Gasteiger charge is 2.22. The molecule has 0 bridgehead atoms. The second-order valence-corrected chi connectivity index (χ2v) is 7.52. The van der Waals surface area contributed by atoms with Crippen LogP contribution in [-0.4, -0.2) is 71.1 Å². The van der Waals surface area contributed by atoms with E-state index in [1.54, 1.807) is 4.90 Å². The number of hydrogen-bond acceptors (Lipinski definition) is 7. The molecular weight excluding hydrogens is 336 g/mol. The lowest BCUT2D eigenvalue weighted by molar-refractivity contribution is -0.159. The maximum absolute atomic E-state index is 12.5. The zero-order chi connectivity index (χ0) is 19.7. The molecule has 0 radical (unpaired) electrons. The maximum atomic E-state index is 12.5. The second-order valence-electron chi connectivity index (χ2n) is 7.52. The van der Waals surface area contributed by atoms with Gasteiger partial charge in [-0.1, -0.05) is 12.1 Å². The van der Waals surface area contributed by atoms with Crippen molar-refractivity contribution in [2.75, 3.05) is 33.7 Å². The van der Waals surface area contributed by atoms with E-state index in [2.05, 4.69) is 10.1 Å². The van der Waals surface area contributed by atoms with E-state index in [-0.39, 0.29) is 12.5 Å². The highest BCUT2D eigenvalue weighted by atomic mass is 16.6. The van der Waals surface area contributed by atoms with Crippen LogP contribution >= 0.6 is 0 Å². The van der Waals surface area contributed by atoms with Crippen LogP contribution in [0.5, 0.6) is 0 Å². The molecule has 0 atom stereocenters. The number of aryl methyl sites for hydroxylation is 2. The lowest BCUT2D eigenvalue weighted by Crippen LogP contribution is -2.42. The van der Waals surface area contributed by atoms with Crippen molar-refractivity contribution >= 4 is 11.9 Å². The minimum absolute atomic E-state index is 0.0372. The van der Waals surface area contributed by atoms with Crippen molar-refractivity contribution in [3.63, 3.8) is 0 Å². The zero-order valence-corrected chi connectivity index (χ0v) is 16.9. The summed E-state index contributed by atoms with van der Waals surface area (Å²) in [5.74, 6) is 0.743. The molecule has 0 aliphatic rings. The minimum Gasteiger partial charge on any atom is -0.459 e. The number of carbonyl (C=O) groups is 2. The average molecular weight is 368 g/mol. The van der Waals surface area contributed by atoms with Crippen LogP contribution in [-0.2, 0) is 27.2 Å². The smallest absolute Gasteiger partial charge is 0.326 e. The van der Waals surface area contributed by atoms with Crippen LogP contribution in [0.1, 0.15) is 52.3 Å². The van der Waals surface area contributed by atoms with E-state index in [0.717, 1.165) is 6.42 Å². The quantitative estimate of drug-likeness (QED) is 0.581. The third-order valence-electron chi connectivity index (χ3n) is 3.52. The van der Waals surface area contributed by atoms with Gasteiger partial charge < -0.3 is 19.1 Å². The molecule has 26 heavy (non-hydrogen) atoms. The molecular formula is C18H32N4O4. The average Bonchev–Trinajstić information content (AvgIpc) is 2.97. The summed E-state index contributed by atoms with van der Waals surface area (Å²) in [5.41, 5.74) is -0.567. The Hall–Kier alpha value is -1.96. The molecule has 0 spiro atoms. The molecule has 0 aliphatic carbocycles. The van der Waals surface area contributed by atoms with Crippen LogP contribution in [0, 0.1) is 0 Å². The Labute approximate surface area is 155 Å². The Kier molecular flexibility index (Phi) is 8.71. The third-order valence-corrected chi connectivity index (χ3v) is 3.52. The molecule has 8 nitrogen and oxygen atoms in total. The van der Waals surface area contributed by atoms with Gasteiger partial charge in [0.2, 0.25) is 11.8 Å². The predicted octanol–water partition coefficient (Wildman–Crippen LogP) is 1.69. The zero-order valence-electron chi connectivity index (χ0n) is 16.9. The number of rotatable bonds is 10. The van der Waals surface area contributed by atoms with Crippen molar-refractivity contribution < 1.29 is 18.8 Å². The largest absolute Gasteiger partial charge is 0.459 e. The van der Waals surface area contributed by atoms with Gasteiger partial charge in [0.15, 0.2) is 5.82 Å². The molecule has 0 fully saturated rings. The standard InChI is InChI=1S/C18H32N4O4/c1-7-14-19-15(26-20-14)9-8-10-16(23)22(12-11-21(5)6)13-17(24)25-18(2,3)4/h7-13H2,1-6H3. The molecule has 0 saturated carbocycles. The number of ether oxygens (including phenoxy) is 1. The fraction of sp³-hybridized carbons (Fsp3) is 0.778. The summed E-state index contributed by atoms with van der Waals surface area (Å²) in [6.45, 7) is 8.51. The van der Waals surface area contributed by atoms with Gasteiger partial charge >= 0.3 is 5.97 Å². The van der Waals surface area contributed by atoms with E-state index in [9.17, 15) is 9.59 Å². The van der Waals surface area contributed by atoms with Crippen LogP contribution in [0.4, 0.5) is 0 Å². The van der Waals surface area contributed by atoms with Crippen LogP contribution in [0.15, 0.2) is 4.52 Å². The number of aromatic nitrogens is 2. The molecule has 8 heteroatoms.